The number of hydrogen-bond donors (Lipinski definition) is 1. The highest BCUT2D eigenvalue weighted by molar-refractivity contribution is 7.98. The first-order valence-electron chi connectivity index (χ1n) is 5.96. The standard InChI is InChI=1S/C14H11N3O2S/c1-20-11-5-2-9(3-6-11)14-15-12-7-4-10(17(18)19)8-13(12)16-14/h2-8H,1H3,(H,15,16). The van der Waals surface area contributed by atoms with E-state index in [2.05, 4.69) is 9.97 Å². The Hall–Kier alpha value is -2.34. The lowest BCUT2D eigenvalue weighted by Crippen LogP contribution is -1.86. The van der Waals surface area contributed by atoms with Gasteiger partial charge in [0.25, 0.3) is 5.69 Å². The number of H-pyrrole nitrogens is 1. The molecule has 0 unspecified atom stereocenters. The maximum absolute atomic E-state index is 10.8. The molecule has 0 saturated carbocycles. The van der Waals surface area contributed by atoms with E-state index in [-0.39, 0.29) is 5.69 Å². The second-order valence-electron chi connectivity index (χ2n) is 4.27. The molecule has 0 aliphatic heterocycles. The Balaban J connectivity index is 2.05. The molecule has 1 heterocycles. The van der Waals surface area contributed by atoms with Gasteiger partial charge in [-0.3, -0.25) is 10.1 Å². The molecule has 6 heteroatoms. The third-order valence-electron chi connectivity index (χ3n) is 3.04. The Morgan fingerprint density at radius 3 is 2.60 bits per heavy atom. The molecule has 100 valence electrons. The fourth-order valence-corrected chi connectivity index (χ4v) is 2.41. The van der Waals surface area contributed by atoms with Crippen molar-refractivity contribution in [3.63, 3.8) is 0 Å². The van der Waals surface area contributed by atoms with E-state index in [0.717, 1.165) is 11.1 Å². The van der Waals surface area contributed by atoms with E-state index >= 15 is 0 Å². The minimum Gasteiger partial charge on any atom is -0.338 e. The second kappa shape index (κ2) is 4.97. The van der Waals surface area contributed by atoms with Crippen LogP contribution >= 0.6 is 11.8 Å². The molecule has 0 aliphatic carbocycles. The van der Waals surface area contributed by atoms with Crippen molar-refractivity contribution in [2.45, 2.75) is 4.90 Å². The van der Waals surface area contributed by atoms with E-state index in [1.54, 1.807) is 17.8 Å². The number of fused-ring (bicyclic) bond motifs is 1. The minimum atomic E-state index is -0.410. The van der Waals surface area contributed by atoms with Crippen LogP contribution in [0.4, 0.5) is 5.69 Å². The average molecular weight is 285 g/mol. The maximum Gasteiger partial charge on any atom is 0.271 e. The van der Waals surface area contributed by atoms with Crippen molar-refractivity contribution >= 4 is 28.5 Å². The molecule has 0 aliphatic rings. The Morgan fingerprint density at radius 2 is 1.95 bits per heavy atom. The van der Waals surface area contributed by atoms with E-state index in [1.807, 2.05) is 30.5 Å². The Bertz CT molecular complexity index is 781. The molecule has 0 radical (unpaired) electrons. The molecule has 1 aromatic heterocycles. The van der Waals surface area contributed by atoms with Gasteiger partial charge in [0.1, 0.15) is 5.82 Å². The van der Waals surface area contributed by atoms with Crippen LogP contribution in [0, 0.1) is 10.1 Å². The number of nitro benzene ring substituents is 1. The van der Waals surface area contributed by atoms with Crippen molar-refractivity contribution < 1.29 is 4.92 Å². The summed E-state index contributed by atoms with van der Waals surface area (Å²) < 4.78 is 0. The zero-order valence-corrected chi connectivity index (χ0v) is 11.5. The molecule has 3 aromatic rings. The number of imidazole rings is 1. The van der Waals surface area contributed by atoms with Gasteiger partial charge in [0.2, 0.25) is 0 Å². The lowest BCUT2D eigenvalue weighted by atomic mass is 10.2. The topological polar surface area (TPSA) is 71.8 Å². The number of non-ortho nitro benzene ring substituents is 1. The number of benzene rings is 2. The summed E-state index contributed by atoms with van der Waals surface area (Å²) in [5, 5.41) is 10.8. The van der Waals surface area contributed by atoms with Crippen molar-refractivity contribution in [3.05, 3.63) is 52.6 Å². The number of nitro groups is 1. The highest BCUT2D eigenvalue weighted by Crippen LogP contribution is 2.25. The molecule has 20 heavy (non-hydrogen) atoms. The molecular weight excluding hydrogens is 274 g/mol. The molecular formula is C14H11N3O2S. The maximum atomic E-state index is 10.8. The molecule has 3 rings (SSSR count). The first-order valence-corrected chi connectivity index (χ1v) is 7.18. The van der Waals surface area contributed by atoms with Crippen molar-refractivity contribution in [1.29, 1.82) is 0 Å². The van der Waals surface area contributed by atoms with Gasteiger partial charge in [-0.2, -0.15) is 0 Å². The van der Waals surface area contributed by atoms with E-state index < -0.39 is 4.92 Å². The number of aromatic nitrogens is 2. The van der Waals surface area contributed by atoms with Crippen molar-refractivity contribution in [2.75, 3.05) is 6.26 Å². The molecule has 0 bridgehead atoms. The monoisotopic (exact) mass is 285 g/mol. The minimum absolute atomic E-state index is 0.0606. The normalized spacial score (nSPS) is 10.8. The Morgan fingerprint density at radius 1 is 1.20 bits per heavy atom. The molecule has 0 spiro atoms. The first kappa shape index (κ1) is 12.7. The molecule has 0 atom stereocenters. The fraction of sp³-hybridized carbons (Fsp3) is 0.0714. The Kier molecular flexibility index (Phi) is 3.15. The summed E-state index contributed by atoms with van der Waals surface area (Å²) in [6.07, 6.45) is 2.02. The summed E-state index contributed by atoms with van der Waals surface area (Å²) in [7, 11) is 0. The number of hydrogen-bond acceptors (Lipinski definition) is 4. The highest BCUT2D eigenvalue weighted by atomic mass is 32.2. The van der Waals surface area contributed by atoms with Crippen molar-refractivity contribution in [1.82, 2.24) is 9.97 Å². The zero-order chi connectivity index (χ0) is 14.1. The summed E-state index contributed by atoms with van der Waals surface area (Å²) in [6, 6.07) is 12.6. The molecule has 0 amide bonds. The van der Waals surface area contributed by atoms with Gasteiger partial charge in [0, 0.05) is 22.6 Å². The molecule has 2 aromatic carbocycles. The van der Waals surface area contributed by atoms with Crippen LogP contribution in [0.3, 0.4) is 0 Å². The third-order valence-corrected chi connectivity index (χ3v) is 3.78. The summed E-state index contributed by atoms with van der Waals surface area (Å²) in [5.41, 5.74) is 2.41. The predicted octanol–water partition coefficient (Wildman–Crippen LogP) is 3.86. The summed E-state index contributed by atoms with van der Waals surface area (Å²) in [4.78, 5) is 19.1. The smallest absolute Gasteiger partial charge is 0.271 e. The van der Waals surface area contributed by atoms with E-state index in [0.29, 0.717) is 11.3 Å². The summed E-state index contributed by atoms with van der Waals surface area (Å²) >= 11 is 1.68. The number of thioether (sulfide) groups is 1. The average Bonchev–Trinajstić information content (AvgIpc) is 2.90. The first-order chi connectivity index (χ1) is 9.67. The van der Waals surface area contributed by atoms with Crippen molar-refractivity contribution in [2.24, 2.45) is 0 Å². The van der Waals surface area contributed by atoms with Crippen LogP contribution in [0.25, 0.3) is 22.4 Å². The van der Waals surface area contributed by atoms with Crippen LogP contribution in [-0.4, -0.2) is 21.1 Å². The van der Waals surface area contributed by atoms with Gasteiger partial charge in [-0.05, 0) is 24.5 Å². The van der Waals surface area contributed by atoms with E-state index in [1.165, 1.54) is 17.0 Å². The van der Waals surface area contributed by atoms with Gasteiger partial charge < -0.3 is 4.98 Å². The number of nitrogens with zero attached hydrogens (tertiary/aromatic N) is 2. The van der Waals surface area contributed by atoms with Crippen molar-refractivity contribution in [3.8, 4) is 11.4 Å². The fourth-order valence-electron chi connectivity index (χ4n) is 2.00. The quantitative estimate of drug-likeness (QED) is 0.450. The van der Waals surface area contributed by atoms with Crippen LogP contribution in [-0.2, 0) is 0 Å². The second-order valence-corrected chi connectivity index (χ2v) is 5.15. The Labute approximate surface area is 119 Å². The zero-order valence-electron chi connectivity index (χ0n) is 10.7. The molecule has 0 fully saturated rings. The van der Waals surface area contributed by atoms with Gasteiger partial charge in [0.05, 0.1) is 16.0 Å². The SMILES string of the molecule is CSc1ccc(-c2nc3ccc([N+](=O)[O-])cc3[nH]2)cc1. The molecule has 5 nitrogen and oxygen atoms in total. The summed E-state index contributed by atoms with van der Waals surface area (Å²) in [6.45, 7) is 0. The van der Waals surface area contributed by atoms with Gasteiger partial charge in [0.15, 0.2) is 0 Å². The van der Waals surface area contributed by atoms with E-state index in [9.17, 15) is 10.1 Å². The lowest BCUT2D eigenvalue weighted by Gasteiger charge is -1.98. The number of rotatable bonds is 3. The van der Waals surface area contributed by atoms with E-state index in [4.69, 9.17) is 0 Å². The van der Waals surface area contributed by atoms with Crippen LogP contribution in [0.15, 0.2) is 47.4 Å². The molecule has 0 saturated heterocycles. The predicted molar refractivity (Wildman–Crippen MR) is 80.0 cm³/mol. The number of nitrogens with one attached hydrogen (secondary N) is 1. The highest BCUT2D eigenvalue weighted by Gasteiger charge is 2.10. The number of aromatic amines is 1. The van der Waals surface area contributed by atoms with Gasteiger partial charge in [-0.1, -0.05) is 12.1 Å². The van der Waals surface area contributed by atoms with Crippen LogP contribution in [0.1, 0.15) is 0 Å². The largest absolute Gasteiger partial charge is 0.338 e. The van der Waals surface area contributed by atoms with Crippen LogP contribution < -0.4 is 0 Å². The van der Waals surface area contributed by atoms with Crippen LogP contribution in [0.5, 0.6) is 0 Å². The lowest BCUT2D eigenvalue weighted by molar-refractivity contribution is -0.384. The van der Waals surface area contributed by atoms with Gasteiger partial charge in [-0.25, -0.2) is 4.98 Å². The summed E-state index contributed by atoms with van der Waals surface area (Å²) in [5.74, 6) is 0.716. The van der Waals surface area contributed by atoms with Gasteiger partial charge >= 0.3 is 0 Å². The van der Waals surface area contributed by atoms with Crippen LogP contribution in [0.2, 0.25) is 0 Å². The van der Waals surface area contributed by atoms with Gasteiger partial charge in [-0.15, -0.1) is 11.8 Å². The molecule has 1 N–H and O–H groups in total. The third kappa shape index (κ3) is 2.25.